The second-order valence-electron chi connectivity index (χ2n) is 4.47. The number of hydrogen-bond donors (Lipinski definition) is 1. The molecule has 0 fully saturated rings. The Balaban J connectivity index is 3.28. The summed E-state index contributed by atoms with van der Waals surface area (Å²) in [5, 5.41) is 9.97. The van der Waals surface area contributed by atoms with Crippen LogP contribution < -0.4 is 9.64 Å². The van der Waals surface area contributed by atoms with Crippen molar-refractivity contribution < 1.29 is 14.6 Å². The van der Waals surface area contributed by atoms with E-state index in [0.29, 0.717) is 17.0 Å². The minimum Gasteiger partial charge on any atom is -0.508 e. The summed E-state index contributed by atoms with van der Waals surface area (Å²) in [4.78, 5) is 13.3. The maximum Gasteiger partial charge on any atom is 0.224 e. The molecule has 0 unspecified atom stereocenters. The highest BCUT2D eigenvalue weighted by Crippen LogP contribution is 2.38. The molecule has 0 aromatic heterocycles. The predicted molar refractivity (Wildman–Crippen MR) is 81.6 cm³/mol. The van der Waals surface area contributed by atoms with Gasteiger partial charge in [0.05, 0.1) is 19.3 Å². The normalized spacial score (nSPS) is 10.0. The lowest BCUT2D eigenvalue weighted by molar-refractivity contribution is -0.116. The van der Waals surface area contributed by atoms with Gasteiger partial charge in [0.25, 0.3) is 0 Å². The molecule has 0 saturated heterocycles. The van der Waals surface area contributed by atoms with Crippen LogP contribution in [0.4, 0.5) is 5.69 Å². The Morgan fingerprint density at radius 3 is 2.45 bits per heavy atom. The van der Waals surface area contributed by atoms with Gasteiger partial charge in [-0.1, -0.05) is 30.3 Å². The number of phenolic OH excluding ortho intramolecular Hbond substituents is 1. The van der Waals surface area contributed by atoms with Crippen LogP contribution in [0.5, 0.6) is 11.5 Å². The van der Waals surface area contributed by atoms with E-state index in [1.54, 1.807) is 0 Å². The van der Waals surface area contributed by atoms with Crippen LogP contribution in [0.1, 0.15) is 13.8 Å². The Labute approximate surface area is 123 Å². The molecular weight excluding hydrogens is 278 g/mol. The van der Waals surface area contributed by atoms with E-state index in [2.05, 4.69) is 13.2 Å². The number of aromatic hydroxyl groups is 1. The van der Waals surface area contributed by atoms with Gasteiger partial charge in [-0.25, -0.2) is 0 Å². The van der Waals surface area contributed by atoms with Crippen LogP contribution in [-0.2, 0) is 4.79 Å². The van der Waals surface area contributed by atoms with E-state index >= 15 is 0 Å². The molecule has 0 atom stereocenters. The molecule has 20 heavy (non-hydrogen) atoms. The lowest BCUT2D eigenvalue weighted by Crippen LogP contribution is -2.30. The summed E-state index contributed by atoms with van der Waals surface area (Å²) in [6.07, 6.45) is 0. The Morgan fingerprint density at radius 2 is 2.00 bits per heavy atom. The van der Waals surface area contributed by atoms with E-state index < -0.39 is 0 Å². The summed E-state index contributed by atoms with van der Waals surface area (Å²) in [6, 6.07) is 2.80. The summed E-state index contributed by atoms with van der Waals surface area (Å²) >= 11 is 6.20. The van der Waals surface area contributed by atoms with Crippen molar-refractivity contribution in [3.63, 3.8) is 0 Å². The molecule has 0 aliphatic rings. The zero-order valence-electron chi connectivity index (χ0n) is 11.9. The first-order valence-electron chi connectivity index (χ1n) is 5.96. The summed E-state index contributed by atoms with van der Waals surface area (Å²) in [5.74, 6) is 0.0456. The number of benzene rings is 1. The van der Waals surface area contributed by atoms with Gasteiger partial charge >= 0.3 is 0 Å². The monoisotopic (exact) mass is 295 g/mol. The predicted octanol–water partition coefficient (Wildman–Crippen LogP) is 3.54. The third kappa shape index (κ3) is 3.54. The highest BCUT2D eigenvalue weighted by atomic mass is 35.5. The molecule has 4 nitrogen and oxygen atoms in total. The molecule has 0 radical (unpaired) electrons. The minimum absolute atomic E-state index is 0.0339. The number of phenols is 1. The maximum absolute atomic E-state index is 11.8. The Bertz CT molecular complexity index is 566. The molecule has 5 heteroatoms. The fourth-order valence-electron chi connectivity index (χ4n) is 1.61. The molecule has 1 aromatic rings. The Kier molecular flexibility index (Phi) is 5.22. The van der Waals surface area contributed by atoms with E-state index in [0.717, 1.165) is 5.57 Å². The number of hydrogen-bond acceptors (Lipinski definition) is 3. The number of carbonyl (C=O) groups excluding carboxylic acids is 1. The molecule has 0 aliphatic heterocycles. The highest BCUT2D eigenvalue weighted by Gasteiger charge is 2.19. The smallest absolute Gasteiger partial charge is 0.224 e. The fourth-order valence-corrected chi connectivity index (χ4v) is 1.89. The Hall–Kier alpha value is -1.94. The van der Waals surface area contributed by atoms with Crippen LogP contribution in [0.15, 0.2) is 36.4 Å². The minimum atomic E-state index is -0.220. The molecule has 0 spiro atoms. The van der Waals surface area contributed by atoms with Gasteiger partial charge in [0.1, 0.15) is 16.5 Å². The number of anilines is 1. The molecule has 0 aliphatic carbocycles. The largest absolute Gasteiger partial charge is 0.508 e. The number of nitrogens with zero attached hydrogens (tertiary/aromatic N) is 1. The summed E-state index contributed by atoms with van der Waals surface area (Å²) in [6.45, 7) is 11.1. The van der Waals surface area contributed by atoms with E-state index in [-0.39, 0.29) is 23.2 Å². The summed E-state index contributed by atoms with van der Waals surface area (Å²) in [5.41, 5.74) is 1.86. The first-order valence-corrected chi connectivity index (χ1v) is 6.34. The van der Waals surface area contributed by atoms with Crippen molar-refractivity contribution in [2.24, 2.45) is 0 Å². The topological polar surface area (TPSA) is 49.8 Å². The highest BCUT2D eigenvalue weighted by molar-refractivity contribution is 6.35. The fraction of sp³-hybridized carbons (Fsp3) is 0.267. The van der Waals surface area contributed by atoms with Crippen molar-refractivity contribution in [2.75, 3.05) is 18.6 Å². The molecule has 0 heterocycles. The SMILES string of the molecule is C=C(C)C(=C)CN(C(C)=O)c1cc(O)cc(OC)c1Cl. The second kappa shape index (κ2) is 6.48. The van der Waals surface area contributed by atoms with E-state index in [4.69, 9.17) is 16.3 Å². The van der Waals surface area contributed by atoms with Crippen LogP contribution in [-0.4, -0.2) is 24.7 Å². The van der Waals surface area contributed by atoms with E-state index in [9.17, 15) is 9.90 Å². The van der Waals surface area contributed by atoms with Gasteiger partial charge < -0.3 is 14.7 Å². The summed E-state index contributed by atoms with van der Waals surface area (Å²) < 4.78 is 5.08. The van der Waals surface area contributed by atoms with Gasteiger partial charge in [-0.15, -0.1) is 0 Å². The van der Waals surface area contributed by atoms with Crippen molar-refractivity contribution >= 4 is 23.2 Å². The molecule has 0 bridgehead atoms. The lowest BCUT2D eigenvalue weighted by atomic mass is 10.1. The van der Waals surface area contributed by atoms with Crippen LogP contribution in [0.3, 0.4) is 0 Å². The van der Waals surface area contributed by atoms with Crippen LogP contribution in [0, 0.1) is 0 Å². The average molecular weight is 296 g/mol. The van der Waals surface area contributed by atoms with Gasteiger partial charge in [-0.05, 0) is 12.5 Å². The van der Waals surface area contributed by atoms with Crippen molar-refractivity contribution in [3.05, 3.63) is 41.5 Å². The molecule has 1 amide bonds. The third-order valence-corrected chi connectivity index (χ3v) is 3.23. The van der Waals surface area contributed by atoms with Crippen LogP contribution in [0.2, 0.25) is 5.02 Å². The second-order valence-corrected chi connectivity index (χ2v) is 4.85. The number of amides is 1. The van der Waals surface area contributed by atoms with Gasteiger partial charge in [0, 0.05) is 19.1 Å². The maximum atomic E-state index is 11.8. The molecule has 0 saturated carbocycles. The average Bonchev–Trinajstić information content (AvgIpc) is 2.37. The standard InChI is InChI=1S/C15H18ClNO3/c1-9(2)10(3)8-17(11(4)18)13-6-12(19)7-14(20-5)15(13)16/h6-7,19H,1,3,8H2,2,4-5H3. The third-order valence-electron chi connectivity index (χ3n) is 2.85. The molecule has 108 valence electrons. The number of rotatable bonds is 5. The molecule has 1 N–H and O–H groups in total. The first-order chi connectivity index (χ1) is 9.27. The number of halogens is 1. The van der Waals surface area contributed by atoms with Gasteiger partial charge in [0.15, 0.2) is 0 Å². The number of carbonyl (C=O) groups is 1. The summed E-state index contributed by atoms with van der Waals surface area (Å²) in [7, 11) is 1.44. The Morgan fingerprint density at radius 1 is 1.40 bits per heavy atom. The first kappa shape index (κ1) is 16.1. The van der Waals surface area contributed by atoms with E-state index in [1.807, 2.05) is 6.92 Å². The quantitative estimate of drug-likeness (QED) is 0.845. The van der Waals surface area contributed by atoms with E-state index in [1.165, 1.54) is 31.1 Å². The van der Waals surface area contributed by atoms with Crippen molar-refractivity contribution in [2.45, 2.75) is 13.8 Å². The number of methoxy groups -OCH3 is 1. The molecule has 1 rings (SSSR count). The molecule has 1 aromatic carbocycles. The van der Waals surface area contributed by atoms with Gasteiger partial charge in [-0.2, -0.15) is 0 Å². The van der Waals surface area contributed by atoms with Gasteiger partial charge in [0.2, 0.25) is 5.91 Å². The van der Waals surface area contributed by atoms with Crippen molar-refractivity contribution in [1.82, 2.24) is 0 Å². The molecular formula is C15H18ClNO3. The zero-order chi connectivity index (χ0) is 15.4. The van der Waals surface area contributed by atoms with Crippen molar-refractivity contribution in [1.29, 1.82) is 0 Å². The van der Waals surface area contributed by atoms with Gasteiger partial charge in [-0.3, -0.25) is 4.79 Å². The lowest BCUT2D eigenvalue weighted by Gasteiger charge is -2.24. The zero-order valence-corrected chi connectivity index (χ0v) is 12.6. The number of ether oxygens (including phenoxy) is 1. The van der Waals surface area contributed by atoms with Crippen molar-refractivity contribution in [3.8, 4) is 11.5 Å². The van der Waals surface area contributed by atoms with Crippen LogP contribution in [0.25, 0.3) is 0 Å². The van der Waals surface area contributed by atoms with Crippen LogP contribution >= 0.6 is 11.6 Å².